The summed E-state index contributed by atoms with van der Waals surface area (Å²) in [6.07, 6.45) is 1.51. The van der Waals surface area contributed by atoms with Crippen LogP contribution >= 0.6 is 0 Å². The highest BCUT2D eigenvalue weighted by Crippen LogP contribution is 2.26. The van der Waals surface area contributed by atoms with Crippen molar-refractivity contribution in [3.05, 3.63) is 42.5 Å². The molecule has 0 aromatic heterocycles. The molecule has 0 bridgehead atoms. The molecule has 1 atom stereocenters. The number of amides is 1. The predicted molar refractivity (Wildman–Crippen MR) is 92.7 cm³/mol. The zero-order valence-electron chi connectivity index (χ0n) is 13.8. The lowest BCUT2D eigenvalue weighted by atomic mass is 10.1. The number of carbonyl (C=O) groups excluding carboxylic acids is 1. The van der Waals surface area contributed by atoms with E-state index in [-0.39, 0.29) is 11.9 Å². The number of nitrogens with one attached hydrogen (secondary N) is 1. The highest BCUT2D eigenvalue weighted by atomic mass is 16.5. The number of nitrogens with zero attached hydrogens (tertiary/aromatic N) is 1. The maximum Gasteiger partial charge on any atom is 0.260 e. The van der Waals surface area contributed by atoms with Crippen LogP contribution in [-0.2, 0) is 4.79 Å². The molecule has 0 saturated carbocycles. The molecule has 0 spiro atoms. The van der Waals surface area contributed by atoms with E-state index in [1.807, 2.05) is 49.4 Å². The molecule has 1 heterocycles. The number of rotatable bonds is 4. The van der Waals surface area contributed by atoms with Crippen LogP contribution in [0.2, 0.25) is 0 Å². The number of hydrogen-bond donors (Lipinski definition) is 1. The summed E-state index contributed by atoms with van der Waals surface area (Å²) in [7, 11) is 2.12. The number of carbonyl (C=O) groups is 1. The van der Waals surface area contributed by atoms with Crippen LogP contribution in [0.4, 0.5) is 0 Å². The number of piperidine rings is 1. The second kappa shape index (κ2) is 7.01. The fourth-order valence-electron chi connectivity index (χ4n) is 3.01. The fourth-order valence-corrected chi connectivity index (χ4v) is 3.01. The summed E-state index contributed by atoms with van der Waals surface area (Å²) in [4.78, 5) is 14.7. The second-order valence-corrected chi connectivity index (χ2v) is 6.32. The highest BCUT2D eigenvalue weighted by molar-refractivity contribution is 5.89. The van der Waals surface area contributed by atoms with Gasteiger partial charge in [0.2, 0.25) is 0 Å². The standard InChI is InChI=1S/C19H24N2O2/c1-14(19(22)20-16-10-12-21(2)13-11-16)23-18-9-5-7-15-6-3-4-8-17(15)18/h3-9,14,16H,10-13H2,1-2H3,(H,20,22)/t14-/m0/s1. The largest absolute Gasteiger partial charge is 0.480 e. The Morgan fingerprint density at radius 3 is 2.65 bits per heavy atom. The summed E-state index contributed by atoms with van der Waals surface area (Å²) >= 11 is 0. The number of fused-ring (bicyclic) bond motifs is 1. The summed E-state index contributed by atoms with van der Waals surface area (Å²) in [5.74, 6) is 0.724. The van der Waals surface area contributed by atoms with Crippen LogP contribution in [0.15, 0.2) is 42.5 Å². The number of ether oxygens (including phenoxy) is 1. The van der Waals surface area contributed by atoms with Crippen LogP contribution in [-0.4, -0.2) is 43.1 Å². The van der Waals surface area contributed by atoms with Crippen molar-refractivity contribution in [1.29, 1.82) is 0 Å². The van der Waals surface area contributed by atoms with E-state index in [0.717, 1.165) is 42.5 Å². The minimum Gasteiger partial charge on any atom is -0.480 e. The Bertz CT molecular complexity index is 673. The van der Waals surface area contributed by atoms with E-state index in [1.54, 1.807) is 0 Å². The van der Waals surface area contributed by atoms with Crippen molar-refractivity contribution in [3.8, 4) is 5.75 Å². The summed E-state index contributed by atoms with van der Waals surface area (Å²) in [5.41, 5.74) is 0. The quantitative estimate of drug-likeness (QED) is 0.944. The van der Waals surface area contributed by atoms with Crippen LogP contribution in [0.1, 0.15) is 19.8 Å². The lowest BCUT2D eigenvalue weighted by Crippen LogP contribution is -2.47. The molecular formula is C19H24N2O2. The Labute approximate surface area is 137 Å². The number of likely N-dealkylation sites (tertiary alicyclic amines) is 1. The van der Waals surface area contributed by atoms with Crippen molar-refractivity contribution in [3.63, 3.8) is 0 Å². The van der Waals surface area contributed by atoms with Gasteiger partial charge in [-0.25, -0.2) is 0 Å². The highest BCUT2D eigenvalue weighted by Gasteiger charge is 2.22. The van der Waals surface area contributed by atoms with Crippen molar-refractivity contribution in [1.82, 2.24) is 10.2 Å². The molecule has 122 valence electrons. The molecule has 0 unspecified atom stereocenters. The average Bonchev–Trinajstić information content (AvgIpc) is 2.57. The Balaban J connectivity index is 1.63. The second-order valence-electron chi connectivity index (χ2n) is 6.32. The van der Waals surface area contributed by atoms with Gasteiger partial charge >= 0.3 is 0 Å². The van der Waals surface area contributed by atoms with Gasteiger partial charge in [0.1, 0.15) is 5.75 Å². The lowest BCUT2D eigenvalue weighted by Gasteiger charge is -2.30. The van der Waals surface area contributed by atoms with E-state index in [4.69, 9.17) is 4.74 Å². The molecule has 2 aromatic carbocycles. The molecule has 1 saturated heterocycles. The van der Waals surface area contributed by atoms with E-state index in [9.17, 15) is 4.79 Å². The van der Waals surface area contributed by atoms with Gasteiger partial charge in [-0.3, -0.25) is 4.79 Å². The zero-order chi connectivity index (χ0) is 16.2. The third-order valence-electron chi connectivity index (χ3n) is 4.49. The maximum absolute atomic E-state index is 12.4. The van der Waals surface area contributed by atoms with Gasteiger partial charge < -0.3 is 15.0 Å². The molecule has 1 aliphatic heterocycles. The Hall–Kier alpha value is -2.07. The van der Waals surface area contributed by atoms with Crippen LogP contribution < -0.4 is 10.1 Å². The van der Waals surface area contributed by atoms with Crippen LogP contribution in [0.5, 0.6) is 5.75 Å². The Kier molecular flexibility index (Phi) is 4.82. The Morgan fingerprint density at radius 1 is 1.17 bits per heavy atom. The third kappa shape index (κ3) is 3.82. The monoisotopic (exact) mass is 312 g/mol. The molecule has 3 rings (SSSR count). The number of hydrogen-bond acceptors (Lipinski definition) is 3. The molecular weight excluding hydrogens is 288 g/mol. The summed E-state index contributed by atoms with van der Waals surface area (Å²) in [5, 5.41) is 5.27. The van der Waals surface area contributed by atoms with Gasteiger partial charge in [-0.1, -0.05) is 36.4 Å². The van der Waals surface area contributed by atoms with Gasteiger partial charge in [0, 0.05) is 11.4 Å². The molecule has 1 fully saturated rings. The van der Waals surface area contributed by atoms with E-state index >= 15 is 0 Å². The van der Waals surface area contributed by atoms with Gasteiger partial charge in [0.25, 0.3) is 5.91 Å². The minimum atomic E-state index is -0.500. The third-order valence-corrected chi connectivity index (χ3v) is 4.49. The van der Waals surface area contributed by atoms with Gasteiger partial charge in [0.15, 0.2) is 6.10 Å². The average molecular weight is 312 g/mol. The summed E-state index contributed by atoms with van der Waals surface area (Å²) in [6.45, 7) is 3.87. The molecule has 4 heteroatoms. The maximum atomic E-state index is 12.4. The molecule has 0 aliphatic carbocycles. The zero-order valence-corrected chi connectivity index (χ0v) is 13.8. The molecule has 0 radical (unpaired) electrons. The molecule has 1 N–H and O–H groups in total. The van der Waals surface area contributed by atoms with Crippen molar-refractivity contribution in [2.45, 2.75) is 31.9 Å². The first-order valence-corrected chi connectivity index (χ1v) is 8.27. The van der Waals surface area contributed by atoms with Gasteiger partial charge in [-0.05, 0) is 51.4 Å². The van der Waals surface area contributed by atoms with Crippen LogP contribution in [0.3, 0.4) is 0 Å². The molecule has 1 aliphatic rings. The number of benzene rings is 2. The molecule has 23 heavy (non-hydrogen) atoms. The van der Waals surface area contributed by atoms with E-state index < -0.39 is 6.10 Å². The van der Waals surface area contributed by atoms with E-state index in [2.05, 4.69) is 17.3 Å². The first-order chi connectivity index (χ1) is 11.1. The summed E-state index contributed by atoms with van der Waals surface area (Å²) in [6, 6.07) is 14.2. The van der Waals surface area contributed by atoms with Crippen LogP contribution in [0, 0.1) is 0 Å². The first kappa shape index (κ1) is 15.8. The fraction of sp³-hybridized carbons (Fsp3) is 0.421. The normalized spacial score (nSPS) is 17.8. The lowest BCUT2D eigenvalue weighted by molar-refractivity contribution is -0.128. The molecule has 2 aromatic rings. The smallest absolute Gasteiger partial charge is 0.260 e. The van der Waals surface area contributed by atoms with E-state index in [0.29, 0.717) is 0 Å². The van der Waals surface area contributed by atoms with Gasteiger partial charge in [-0.15, -0.1) is 0 Å². The SMILES string of the molecule is C[C@H](Oc1cccc2ccccc12)C(=O)NC1CCN(C)CC1. The first-order valence-electron chi connectivity index (χ1n) is 8.27. The van der Waals surface area contributed by atoms with Gasteiger partial charge in [0.05, 0.1) is 0 Å². The minimum absolute atomic E-state index is 0.0347. The predicted octanol–water partition coefficient (Wildman–Crippen LogP) is 2.82. The van der Waals surface area contributed by atoms with Crippen molar-refractivity contribution in [2.24, 2.45) is 0 Å². The molecule has 1 amide bonds. The Morgan fingerprint density at radius 2 is 1.87 bits per heavy atom. The topological polar surface area (TPSA) is 41.6 Å². The van der Waals surface area contributed by atoms with E-state index in [1.165, 1.54) is 0 Å². The van der Waals surface area contributed by atoms with Crippen molar-refractivity contribution in [2.75, 3.05) is 20.1 Å². The van der Waals surface area contributed by atoms with Crippen molar-refractivity contribution >= 4 is 16.7 Å². The van der Waals surface area contributed by atoms with Gasteiger partial charge in [-0.2, -0.15) is 0 Å². The van der Waals surface area contributed by atoms with Crippen molar-refractivity contribution < 1.29 is 9.53 Å². The van der Waals surface area contributed by atoms with Crippen LogP contribution in [0.25, 0.3) is 10.8 Å². The summed E-state index contributed by atoms with van der Waals surface area (Å²) < 4.78 is 5.93. The molecule has 4 nitrogen and oxygen atoms in total.